The lowest BCUT2D eigenvalue weighted by Gasteiger charge is -2.32. The lowest BCUT2D eigenvalue weighted by molar-refractivity contribution is -0.136. The number of nitrogens with zero attached hydrogens (tertiary/aromatic N) is 5. The number of carbonyl (C=O) groups excluding carboxylic acids is 3. The van der Waals surface area contributed by atoms with Crippen LogP contribution in [0.25, 0.3) is 44.5 Å². The molecule has 3 amide bonds. The summed E-state index contributed by atoms with van der Waals surface area (Å²) in [4.78, 5) is 64.6. The summed E-state index contributed by atoms with van der Waals surface area (Å²) in [6.07, 6.45) is 9.77. The van der Waals surface area contributed by atoms with Gasteiger partial charge < -0.3 is 40.3 Å². The second kappa shape index (κ2) is 17.1. The van der Waals surface area contributed by atoms with Crippen molar-refractivity contribution in [2.24, 2.45) is 11.7 Å². The van der Waals surface area contributed by atoms with Crippen molar-refractivity contribution in [3.63, 3.8) is 0 Å². The molecule has 3 aliphatic heterocycles. The Kier molecular flexibility index (Phi) is 11.1. The Morgan fingerprint density at radius 1 is 0.733 bits per heavy atom. The van der Waals surface area contributed by atoms with Crippen LogP contribution in [0.15, 0.2) is 97.5 Å². The number of fused-ring (bicyclic) bond motifs is 1. The predicted molar refractivity (Wildman–Crippen MR) is 226 cm³/mol. The van der Waals surface area contributed by atoms with Crippen LogP contribution in [-0.4, -0.2) is 92.1 Å². The predicted octanol–water partition coefficient (Wildman–Crippen LogP) is 6.86. The fourth-order valence-electron chi connectivity index (χ4n) is 8.98. The number of aromatic nitrogens is 5. The molecule has 0 aliphatic carbocycles. The van der Waals surface area contributed by atoms with Gasteiger partial charge in [0.25, 0.3) is 5.91 Å². The highest BCUT2D eigenvalue weighted by Gasteiger charge is 2.38. The fraction of sp³-hybridized carbons (Fsp3) is 0.348. The molecule has 0 unspecified atom stereocenters. The highest BCUT2D eigenvalue weighted by atomic mass is 16.5. The molecule has 3 aromatic heterocycles. The maximum atomic E-state index is 13.9. The van der Waals surface area contributed by atoms with E-state index in [0.717, 1.165) is 88.9 Å². The number of likely N-dealkylation sites (tertiary alicyclic amines) is 2. The van der Waals surface area contributed by atoms with Crippen molar-refractivity contribution in [2.45, 2.75) is 62.7 Å². The van der Waals surface area contributed by atoms with Crippen LogP contribution in [0.3, 0.4) is 0 Å². The van der Waals surface area contributed by atoms with Crippen molar-refractivity contribution < 1.29 is 23.9 Å². The third-order valence-electron chi connectivity index (χ3n) is 12.3. The van der Waals surface area contributed by atoms with Crippen LogP contribution in [0.2, 0.25) is 0 Å². The molecule has 6 aromatic rings. The molecule has 14 nitrogen and oxygen atoms in total. The molecule has 14 heteroatoms. The van der Waals surface area contributed by atoms with Crippen molar-refractivity contribution in [3.05, 3.63) is 115 Å². The van der Waals surface area contributed by atoms with Crippen LogP contribution in [0.5, 0.6) is 0 Å². The Labute approximate surface area is 347 Å². The van der Waals surface area contributed by atoms with Gasteiger partial charge in [0.1, 0.15) is 17.7 Å². The van der Waals surface area contributed by atoms with E-state index in [9.17, 15) is 14.4 Å². The number of alkyl carbamates (subject to hydrolysis) is 1. The van der Waals surface area contributed by atoms with Crippen LogP contribution in [-0.2, 0) is 19.1 Å². The molecule has 308 valence electrons. The van der Waals surface area contributed by atoms with E-state index >= 15 is 0 Å². The van der Waals surface area contributed by atoms with Gasteiger partial charge in [-0.1, -0.05) is 54.6 Å². The molecule has 0 bridgehead atoms. The maximum Gasteiger partial charge on any atom is 0.407 e. The van der Waals surface area contributed by atoms with E-state index < -0.39 is 18.2 Å². The standard InChI is InChI=1S/C46H49N9O5/c1-59-46(58)53-41(29-7-3-2-4-8-29)45(57)55-20-6-10-39(55)43-50-27-37(52-43)34-15-16-35(48-25-34)32-13-11-31-24-33(14-12-30(31)23-32)36-26-49-42(51-36)38-9-5-19-54(38)44(56)40(47)28-17-21-60-22-18-28/h2-4,7-8,11-16,23-28,38-41H,5-6,9-10,17-22,47H2,1H3,(H,49,51)(H,50,52)(H,53,58)/t38-,39-,40-,41+/m0/s1. The van der Waals surface area contributed by atoms with Gasteiger partial charge in [-0.2, -0.15) is 0 Å². The largest absolute Gasteiger partial charge is 0.453 e. The number of amides is 3. The number of imidazole rings is 2. The molecule has 3 saturated heterocycles. The summed E-state index contributed by atoms with van der Waals surface area (Å²) in [5, 5.41) is 4.89. The Morgan fingerprint density at radius 3 is 1.97 bits per heavy atom. The maximum absolute atomic E-state index is 13.9. The van der Waals surface area contributed by atoms with E-state index in [1.165, 1.54) is 7.11 Å². The Bertz CT molecular complexity index is 2480. The lowest BCUT2D eigenvalue weighted by Crippen LogP contribution is -2.48. The first-order chi connectivity index (χ1) is 29.3. The molecule has 0 radical (unpaired) electrons. The van der Waals surface area contributed by atoms with E-state index in [1.807, 2.05) is 59.8 Å². The van der Waals surface area contributed by atoms with Crippen LogP contribution < -0.4 is 11.1 Å². The molecule has 6 heterocycles. The number of H-pyrrole nitrogens is 2. The first-order valence-electron chi connectivity index (χ1n) is 20.8. The summed E-state index contributed by atoms with van der Waals surface area (Å²) in [7, 11) is 1.28. The Balaban J connectivity index is 0.867. The van der Waals surface area contributed by atoms with Crippen LogP contribution >= 0.6 is 0 Å². The van der Waals surface area contributed by atoms with E-state index in [1.54, 1.807) is 11.1 Å². The number of pyridine rings is 1. The third-order valence-corrected chi connectivity index (χ3v) is 12.3. The first-order valence-corrected chi connectivity index (χ1v) is 20.8. The van der Waals surface area contributed by atoms with Gasteiger partial charge in [-0.15, -0.1) is 0 Å². The van der Waals surface area contributed by atoms with Gasteiger partial charge in [0, 0.05) is 49.2 Å². The average molecular weight is 808 g/mol. The number of nitrogens with two attached hydrogens (primary N) is 1. The number of carbonyl (C=O) groups is 3. The van der Waals surface area contributed by atoms with Crippen LogP contribution in [0, 0.1) is 5.92 Å². The minimum atomic E-state index is -0.882. The molecule has 3 fully saturated rings. The van der Waals surface area contributed by atoms with E-state index in [4.69, 9.17) is 30.2 Å². The number of ether oxygens (including phenoxy) is 2. The number of hydrogen-bond donors (Lipinski definition) is 4. The van der Waals surface area contributed by atoms with Gasteiger partial charge in [-0.3, -0.25) is 14.6 Å². The Hall–Kier alpha value is -6.38. The molecule has 60 heavy (non-hydrogen) atoms. The highest BCUT2D eigenvalue weighted by molar-refractivity contribution is 5.90. The normalized spacial score (nSPS) is 19.4. The van der Waals surface area contributed by atoms with E-state index in [2.05, 4.69) is 51.7 Å². The topological polar surface area (TPSA) is 184 Å². The smallest absolute Gasteiger partial charge is 0.407 e. The molecular weight excluding hydrogens is 759 g/mol. The molecule has 4 atom stereocenters. The molecule has 0 saturated carbocycles. The summed E-state index contributed by atoms with van der Waals surface area (Å²) in [5.41, 5.74) is 12.6. The first kappa shape index (κ1) is 39.1. The molecule has 0 spiro atoms. The van der Waals surface area contributed by atoms with Crippen molar-refractivity contribution in [1.29, 1.82) is 0 Å². The number of aromatic amines is 2. The van der Waals surface area contributed by atoms with Gasteiger partial charge in [-0.05, 0) is 85.0 Å². The second-order valence-corrected chi connectivity index (χ2v) is 15.9. The summed E-state index contributed by atoms with van der Waals surface area (Å²) in [5.74, 6) is 1.43. The second-order valence-electron chi connectivity index (χ2n) is 15.9. The van der Waals surface area contributed by atoms with Crippen LogP contribution in [0.4, 0.5) is 4.79 Å². The zero-order valence-corrected chi connectivity index (χ0v) is 33.6. The number of nitrogens with one attached hydrogen (secondary N) is 3. The number of benzene rings is 3. The number of rotatable bonds is 10. The SMILES string of the molecule is COC(=O)N[C@@H](C(=O)N1CCC[C@H]1c1ncc(-c2ccc(-c3ccc4cc(-c5cnc([C@@H]6CCCN6C(=O)[C@@H](N)C6CCOCC6)[nH]5)ccc4c3)nc2)[nH]1)c1ccccc1. The van der Waals surface area contributed by atoms with Gasteiger partial charge in [0.05, 0.1) is 54.7 Å². The minimum absolute atomic E-state index is 0.00936. The molecule has 3 aliphatic rings. The highest BCUT2D eigenvalue weighted by Crippen LogP contribution is 2.36. The number of hydrogen-bond acceptors (Lipinski definition) is 9. The monoisotopic (exact) mass is 807 g/mol. The minimum Gasteiger partial charge on any atom is -0.453 e. The molecular formula is C46H49N9O5. The average Bonchev–Trinajstić information content (AvgIpc) is 4.15. The van der Waals surface area contributed by atoms with Gasteiger partial charge in [-0.25, -0.2) is 14.8 Å². The Morgan fingerprint density at radius 2 is 1.33 bits per heavy atom. The lowest BCUT2D eigenvalue weighted by atomic mass is 9.91. The summed E-state index contributed by atoms with van der Waals surface area (Å²) >= 11 is 0. The van der Waals surface area contributed by atoms with E-state index in [0.29, 0.717) is 37.7 Å². The summed E-state index contributed by atoms with van der Waals surface area (Å²) < 4.78 is 10.3. The third kappa shape index (κ3) is 7.87. The van der Waals surface area contributed by atoms with Gasteiger partial charge >= 0.3 is 6.09 Å². The van der Waals surface area contributed by atoms with Gasteiger partial charge in [0.15, 0.2) is 0 Å². The van der Waals surface area contributed by atoms with Gasteiger partial charge in [0.2, 0.25) is 5.91 Å². The van der Waals surface area contributed by atoms with Crippen LogP contribution in [0.1, 0.15) is 73.9 Å². The molecule has 9 rings (SSSR count). The quantitative estimate of drug-likeness (QED) is 0.115. The fourth-order valence-corrected chi connectivity index (χ4v) is 8.98. The zero-order chi connectivity index (χ0) is 41.2. The number of methoxy groups -OCH3 is 1. The van der Waals surface area contributed by atoms with Crippen molar-refractivity contribution in [3.8, 4) is 33.8 Å². The van der Waals surface area contributed by atoms with Crippen molar-refractivity contribution in [1.82, 2.24) is 40.0 Å². The van der Waals surface area contributed by atoms with E-state index in [-0.39, 0.29) is 29.8 Å². The summed E-state index contributed by atoms with van der Waals surface area (Å²) in [6, 6.07) is 24.1. The zero-order valence-electron chi connectivity index (χ0n) is 33.6. The summed E-state index contributed by atoms with van der Waals surface area (Å²) in [6.45, 7) is 2.56. The van der Waals surface area contributed by atoms with Crippen molar-refractivity contribution in [2.75, 3.05) is 33.4 Å². The van der Waals surface area contributed by atoms with Crippen molar-refractivity contribution >= 4 is 28.7 Å². The molecule has 5 N–H and O–H groups in total. The molecule has 3 aromatic carbocycles.